The Balaban J connectivity index is 2.25. The van der Waals surface area contributed by atoms with Crippen molar-refractivity contribution in [3.63, 3.8) is 0 Å². The average molecular weight is 264 g/mol. The van der Waals surface area contributed by atoms with E-state index >= 15 is 0 Å². The number of benzene rings is 1. The zero-order valence-electron chi connectivity index (χ0n) is 9.73. The highest BCUT2D eigenvalue weighted by Crippen LogP contribution is 2.35. The van der Waals surface area contributed by atoms with Gasteiger partial charge in [0.2, 0.25) is 0 Å². The Morgan fingerprint density at radius 1 is 1.44 bits per heavy atom. The summed E-state index contributed by atoms with van der Waals surface area (Å²) < 4.78 is 0. The number of nitriles is 1. The number of nitrogens with zero attached hydrogens (tertiary/aromatic N) is 2. The Kier molecular flexibility index (Phi) is 3.44. The summed E-state index contributed by atoms with van der Waals surface area (Å²) in [5.74, 6) is 0. The summed E-state index contributed by atoms with van der Waals surface area (Å²) in [4.78, 5) is 12.0. The number of rotatable bonds is 1. The molecule has 1 heterocycles. The molecular weight excluding hydrogens is 252 g/mol. The first kappa shape index (κ1) is 12.7. The van der Waals surface area contributed by atoms with Crippen LogP contribution in [-0.2, 0) is 5.41 Å². The monoisotopic (exact) mass is 263 g/mol. The van der Waals surface area contributed by atoms with Crippen molar-refractivity contribution in [2.75, 3.05) is 13.1 Å². The van der Waals surface area contributed by atoms with Crippen LogP contribution in [0.3, 0.4) is 0 Å². The van der Waals surface area contributed by atoms with Crippen molar-refractivity contribution < 1.29 is 9.90 Å². The van der Waals surface area contributed by atoms with Gasteiger partial charge in [-0.25, -0.2) is 0 Å². The van der Waals surface area contributed by atoms with E-state index in [1.807, 2.05) is 12.1 Å². The van der Waals surface area contributed by atoms with E-state index in [0.29, 0.717) is 31.0 Å². The molecule has 1 aromatic carbocycles. The summed E-state index contributed by atoms with van der Waals surface area (Å²) in [7, 11) is 0. The molecule has 0 bridgehead atoms. The first-order valence-corrected chi connectivity index (χ1v) is 6.08. The van der Waals surface area contributed by atoms with E-state index in [1.54, 1.807) is 12.1 Å². The van der Waals surface area contributed by atoms with Crippen molar-refractivity contribution in [1.82, 2.24) is 4.90 Å². The zero-order chi connectivity index (χ0) is 13.2. The van der Waals surface area contributed by atoms with Crippen LogP contribution >= 0.6 is 11.6 Å². The van der Waals surface area contributed by atoms with Gasteiger partial charge in [-0.1, -0.05) is 23.7 Å². The number of piperidine rings is 1. The summed E-state index contributed by atoms with van der Waals surface area (Å²) in [5.41, 5.74) is 0.215. The van der Waals surface area contributed by atoms with E-state index < -0.39 is 11.5 Å². The molecular formula is C13H12ClN2O2-. The number of halogens is 1. The Hall–Kier alpha value is -1.73. The fraction of sp³-hybridized carbons (Fsp3) is 0.385. The zero-order valence-corrected chi connectivity index (χ0v) is 10.5. The SMILES string of the molecule is N#CC1(c2cccc(Cl)c2)CCN(C(=O)[O-])CC1. The molecule has 1 aromatic rings. The minimum absolute atomic E-state index is 0.322. The third-order valence-corrected chi connectivity index (χ3v) is 3.70. The van der Waals surface area contributed by atoms with Crippen molar-refractivity contribution in [2.24, 2.45) is 0 Å². The minimum atomic E-state index is -1.17. The van der Waals surface area contributed by atoms with Gasteiger partial charge in [0.1, 0.15) is 6.09 Å². The number of carboxylic acid groups (broad SMARTS) is 1. The molecule has 0 N–H and O–H groups in total. The van der Waals surface area contributed by atoms with Crippen LogP contribution in [0.1, 0.15) is 18.4 Å². The van der Waals surface area contributed by atoms with Gasteiger partial charge in [0.25, 0.3) is 0 Å². The molecule has 0 atom stereocenters. The van der Waals surface area contributed by atoms with Gasteiger partial charge >= 0.3 is 0 Å². The molecule has 94 valence electrons. The molecule has 1 saturated heterocycles. The maximum atomic E-state index is 10.8. The second-order valence-corrected chi connectivity index (χ2v) is 4.89. The lowest BCUT2D eigenvalue weighted by Gasteiger charge is -2.38. The first-order valence-electron chi connectivity index (χ1n) is 5.71. The van der Waals surface area contributed by atoms with Gasteiger partial charge in [-0.3, -0.25) is 0 Å². The molecule has 1 fully saturated rings. The van der Waals surface area contributed by atoms with Gasteiger partial charge in [-0.2, -0.15) is 5.26 Å². The molecule has 2 rings (SSSR count). The van der Waals surface area contributed by atoms with Crippen LogP contribution in [0.2, 0.25) is 5.02 Å². The summed E-state index contributed by atoms with van der Waals surface area (Å²) in [6.45, 7) is 0.644. The Morgan fingerprint density at radius 2 is 2.11 bits per heavy atom. The molecule has 0 aromatic heterocycles. The van der Waals surface area contributed by atoms with Crippen molar-refractivity contribution in [3.05, 3.63) is 34.9 Å². The van der Waals surface area contributed by atoms with Crippen molar-refractivity contribution in [1.29, 1.82) is 5.26 Å². The lowest BCUT2D eigenvalue weighted by Crippen LogP contribution is -2.49. The van der Waals surface area contributed by atoms with Gasteiger partial charge in [0.15, 0.2) is 0 Å². The topological polar surface area (TPSA) is 67.2 Å². The van der Waals surface area contributed by atoms with Crippen LogP contribution in [0.5, 0.6) is 0 Å². The summed E-state index contributed by atoms with van der Waals surface area (Å²) >= 11 is 5.94. The summed E-state index contributed by atoms with van der Waals surface area (Å²) in [6.07, 6.45) is -0.233. The molecule has 0 spiro atoms. The Bertz CT molecular complexity index is 502. The normalized spacial score (nSPS) is 18.1. The molecule has 5 heteroatoms. The highest BCUT2D eigenvalue weighted by molar-refractivity contribution is 6.30. The van der Waals surface area contributed by atoms with Gasteiger partial charge in [-0.05, 0) is 30.5 Å². The third-order valence-electron chi connectivity index (χ3n) is 3.47. The number of carbonyl (C=O) groups is 1. The standard InChI is InChI=1S/C13H13ClN2O2/c14-11-3-1-2-10(8-11)13(9-15)4-6-16(7-5-13)12(17)18/h1-3,8H,4-7H2,(H,17,18)/p-1. The summed E-state index contributed by atoms with van der Waals surface area (Å²) in [5, 5.41) is 20.8. The van der Waals surface area contributed by atoms with Crippen LogP contribution in [0.4, 0.5) is 4.79 Å². The molecule has 18 heavy (non-hydrogen) atoms. The lowest BCUT2D eigenvalue weighted by atomic mass is 9.74. The highest BCUT2D eigenvalue weighted by atomic mass is 35.5. The van der Waals surface area contributed by atoms with Crippen LogP contribution in [0.15, 0.2) is 24.3 Å². The Morgan fingerprint density at radius 3 is 2.61 bits per heavy atom. The lowest BCUT2D eigenvalue weighted by molar-refractivity contribution is -0.266. The smallest absolute Gasteiger partial charge is 0.136 e. The second-order valence-electron chi connectivity index (χ2n) is 4.46. The largest absolute Gasteiger partial charge is 0.530 e. The molecule has 1 amide bonds. The maximum absolute atomic E-state index is 10.8. The van der Waals surface area contributed by atoms with Gasteiger partial charge in [-0.15, -0.1) is 0 Å². The molecule has 4 nitrogen and oxygen atoms in total. The van der Waals surface area contributed by atoms with E-state index in [0.717, 1.165) is 5.56 Å². The quantitative estimate of drug-likeness (QED) is 0.772. The molecule has 1 aliphatic heterocycles. The van der Waals surface area contributed by atoms with Crippen molar-refractivity contribution in [2.45, 2.75) is 18.3 Å². The fourth-order valence-electron chi connectivity index (χ4n) is 2.32. The first-order chi connectivity index (χ1) is 8.57. The number of amides is 1. The van der Waals surface area contributed by atoms with Crippen LogP contribution in [0.25, 0.3) is 0 Å². The predicted octanol–water partition coefficient (Wildman–Crippen LogP) is 1.54. The van der Waals surface area contributed by atoms with E-state index in [1.165, 1.54) is 4.90 Å². The molecule has 0 saturated carbocycles. The minimum Gasteiger partial charge on any atom is -0.530 e. The van der Waals surface area contributed by atoms with E-state index in [-0.39, 0.29) is 0 Å². The molecule has 0 unspecified atom stereocenters. The summed E-state index contributed by atoms with van der Waals surface area (Å²) in [6, 6.07) is 9.53. The second kappa shape index (κ2) is 4.87. The third kappa shape index (κ3) is 2.27. The molecule has 0 radical (unpaired) electrons. The van der Waals surface area contributed by atoms with Gasteiger partial charge in [0, 0.05) is 18.1 Å². The van der Waals surface area contributed by atoms with E-state index in [9.17, 15) is 15.2 Å². The molecule has 1 aliphatic rings. The van der Waals surface area contributed by atoms with Gasteiger partial charge < -0.3 is 14.8 Å². The maximum Gasteiger partial charge on any atom is 0.136 e. The van der Waals surface area contributed by atoms with Gasteiger partial charge in [0.05, 0.1) is 11.5 Å². The Labute approximate surface area is 110 Å². The average Bonchev–Trinajstić information content (AvgIpc) is 2.38. The molecule has 0 aliphatic carbocycles. The highest BCUT2D eigenvalue weighted by Gasteiger charge is 2.36. The van der Waals surface area contributed by atoms with Crippen LogP contribution < -0.4 is 5.11 Å². The number of likely N-dealkylation sites (tertiary alicyclic amines) is 1. The number of hydrogen-bond donors (Lipinski definition) is 0. The van der Waals surface area contributed by atoms with E-state index in [4.69, 9.17) is 11.6 Å². The number of hydrogen-bond acceptors (Lipinski definition) is 3. The van der Waals surface area contributed by atoms with Crippen LogP contribution in [-0.4, -0.2) is 24.1 Å². The predicted molar refractivity (Wildman–Crippen MR) is 64.9 cm³/mol. The van der Waals surface area contributed by atoms with Crippen molar-refractivity contribution in [3.8, 4) is 6.07 Å². The number of carbonyl (C=O) groups excluding carboxylic acids is 1. The van der Waals surface area contributed by atoms with E-state index in [2.05, 4.69) is 6.07 Å². The van der Waals surface area contributed by atoms with Crippen LogP contribution in [0, 0.1) is 11.3 Å². The fourth-order valence-corrected chi connectivity index (χ4v) is 2.51. The van der Waals surface area contributed by atoms with Crippen molar-refractivity contribution >= 4 is 17.7 Å².